The minimum Gasteiger partial charge on any atom is -0.461 e. The molecule has 0 aromatic heterocycles. The van der Waals surface area contributed by atoms with Gasteiger partial charge in [0.15, 0.2) is 0 Å². The van der Waals surface area contributed by atoms with Crippen LogP contribution in [0.2, 0.25) is 0 Å². The van der Waals surface area contributed by atoms with Gasteiger partial charge in [-0.25, -0.2) is 4.79 Å². The van der Waals surface area contributed by atoms with Crippen LogP contribution in [0.5, 0.6) is 0 Å². The summed E-state index contributed by atoms with van der Waals surface area (Å²) >= 11 is 0. The third-order valence-corrected chi connectivity index (χ3v) is 7.09. The molecule has 0 spiro atoms. The van der Waals surface area contributed by atoms with Gasteiger partial charge < -0.3 is 10.1 Å². The smallest absolute Gasteiger partial charge is 0.326 e. The van der Waals surface area contributed by atoms with Crippen LogP contribution in [0.1, 0.15) is 85.3 Å². The number of nitrogens with one attached hydrogen (secondary N) is 1. The van der Waals surface area contributed by atoms with E-state index >= 15 is 0 Å². The first-order valence-corrected chi connectivity index (χ1v) is 11.7. The second-order valence-electron chi connectivity index (χ2n) is 11.6. The Kier molecular flexibility index (Phi) is 6.47. The molecule has 3 rings (SSSR count). The van der Waals surface area contributed by atoms with Crippen molar-refractivity contribution in [2.45, 2.75) is 91.2 Å². The van der Waals surface area contributed by atoms with Crippen LogP contribution in [0.15, 0.2) is 24.3 Å². The summed E-state index contributed by atoms with van der Waals surface area (Å²) in [6, 6.07) is 7.13. The maximum absolute atomic E-state index is 13.1. The number of hydrogen-bond acceptors (Lipinski definition) is 4. The molecule has 1 aliphatic heterocycles. The third-order valence-electron chi connectivity index (χ3n) is 7.09. The van der Waals surface area contributed by atoms with Crippen molar-refractivity contribution in [3.8, 4) is 0 Å². The summed E-state index contributed by atoms with van der Waals surface area (Å²) in [5.41, 5.74) is 0.885. The number of amides is 3. The van der Waals surface area contributed by atoms with Gasteiger partial charge in [0.2, 0.25) is 0 Å². The Morgan fingerprint density at radius 2 is 1.59 bits per heavy atom. The van der Waals surface area contributed by atoms with Crippen LogP contribution in [0, 0.1) is 11.3 Å². The van der Waals surface area contributed by atoms with Crippen LogP contribution in [-0.4, -0.2) is 35.5 Å². The highest BCUT2D eigenvalue weighted by Crippen LogP contribution is 2.38. The number of urea groups is 1. The fourth-order valence-corrected chi connectivity index (χ4v) is 4.74. The maximum atomic E-state index is 13.1. The molecule has 1 aliphatic carbocycles. The van der Waals surface area contributed by atoms with Gasteiger partial charge >= 0.3 is 12.0 Å². The molecule has 6 heteroatoms. The van der Waals surface area contributed by atoms with Crippen molar-refractivity contribution in [2.75, 3.05) is 6.54 Å². The largest absolute Gasteiger partial charge is 0.461 e. The normalized spacial score (nSPS) is 26.8. The second-order valence-corrected chi connectivity index (χ2v) is 11.6. The highest BCUT2D eigenvalue weighted by molar-refractivity contribution is 6.08. The Morgan fingerprint density at radius 1 is 1.03 bits per heavy atom. The van der Waals surface area contributed by atoms with Crippen molar-refractivity contribution in [2.24, 2.45) is 11.3 Å². The lowest BCUT2D eigenvalue weighted by Gasteiger charge is -2.36. The molecule has 1 saturated carbocycles. The Bertz CT molecular complexity index is 871. The average molecular weight is 443 g/mol. The van der Waals surface area contributed by atoms with E-state index in [1.165, 1.54) is 0 Å². The molecule has 1 N–H and O–H groups in total. The first kappa shape index (κ1) is 24.3. The van der Waals surface area contributed by atoms with Crippen molar-refractivity contribution in [1.29, 1.82) is 0 Å². The zero-order chi connectivity index (χ0) is 23.9. The molecule has 1 unspecified atom stereocenters. The van der Waals surface area contributed by atoms with Crippen molar-refractivity contribution in [3.05, 3.63) is 35.4 Å². The number of ether oxygens (including phenoxy) is 1. The van der Waals surface area contributed by atoms with Crippen molar-refractivity contribution in [3.63, 3.8) is 0 Å². The fraction of sp³-hybridized carbons (Fsp3) is 0.654. The first-order valence-electron chi connectivity index (χ1n) is 11.7. The summed E-state index contributed by atoms with van der Waals surface area (Å²) in [7, 11) is 0. The SMILES string of the molecule is CC(C)(C)c1ccc(C2(C)NC(=O)N(CC(=O)OC3CCC(C(C)(C)C)CC3)C2=O)cc1. The first-order chi connectivity index (χ1) is 14.7. The standard InChI is InChI=1S/C26H38N2O4/c1-24(2,3)17-8-10-19(11-9-17)26(7)22(30)28(23(31)27-26)16-21(29)32-20-14-12-18(13-15-20)25(4,5)6/h8-11,18,20H,12-16H2,1-7H3,(H,27,31). The van der Waals surface area contributed by atoms with Gasteiger partial charge in [0.25, 0.3) is 5.91 Å². The van der Waals surface area contributed by atoms with Crippen molar-refractivity contribution >= 4 is 17.9 Å². The van der Waals surface area contributed by atoms with E-state index in [0.29, 0.717) is 11.5 Å². The zero-order valence-electron chi connectivity index (χ0n) is 20.6. The Hall–Kier alpha value is -2.37. The Balaban J connectivity index is 1.62. The number of hydrogen-bond donors (Lipinski definition) is 1. The van der Waals surface area contributed by atoms with E-state index in [2.05, 4.69) is 46.9 Å². The van der Waals surface area contributed by atoms with Gasteiger partial charge in [0.05, 0.1) is 0 Å². The topological polar surface area (TPSA) is 75.7 Å². The van der Waals surface area contributed by atoms with Crippen molar-refractivity contribution < 1.29 is 19.1 Å². The van der Waals surface area contributed by atoms with Gasteiger partial charge in [-0.15, -0.1) is 0 Å². The molecule has 2 aliphatic rings. The van der Waals surface area contributed by atoms with E-state index in [9.17, 15) is 14.4 Å². The van der Waals surface area contributed by atoms with Crippen LogP contribution in [-0.2, 0) is 25.3 Å². The second kappa shape index (κ2) is 8.53. The number of rotatable bonds is 4. The van der Waals surface area contributed by atoms with Crippen LogP contribution in [0.4, 0.5) is 4.79 Å². The number of esters is 1. The van der Waals surface area contributed by atoms with Gasteiger partial charge in [0.1, 0.15) is 18.2 Å². The number of nitrogens with zero attached hydrogens (tertiary/aromatic N) is 1. The minimum absolute atomic E-state index is 0.00974. The lowest BCUT2D eigenvalue weighted by molar-refractivity contribution is -0.154. The number of carbonyl (C=O) groups excluding carboxylic acids is 3. The van der Waals surface area contributed by atoms with Crippen LogP contribution < -0.4 is 5.32 Å². The van der Waals surface area contributed by atoms with Gasteiger partial charge in [-0.05, 0) is 60.5 Å². The molecular formula is C26H38N2O4. The van der Waals surface area contributed by atoms with E-state index in [4.69, 9.17) is 4.74 Å². The van der Waals surface area contributed by atoms with E-state index in [0.717, 1.165) is 36.1 Å². The molecule has 3 amide bonds. The highest BCUT2D eigenvalue weighted by atomic mass is 16.5. The van der Waals surface area contributed by atoms with Gasteiger partial charge in [0, 0.05) is 0 Å². The summed E-state index contributed by atoms with van der Waals surface area (Å²) < 4.78 is 5.63. The molecule has 1 aromatic carbocycles. The van der Waals surface area contributed by atoms with E-state index < -0.39 is 23.4 Å². The summed E-state index contributed by atoms with van der Waals surface area (Å²) in [5, 5.41) is 2.77. The summed E-state index contributed by atoms with van der Waals surface area (Å²) in [5.74, 6) is -0.340. The molecule has 1 saturated heterocycles. The summed E-state index contributed by atoms with van der Waals surface area (Å²) in [4.78, 5) is 39.2. The van der Waals surface area contributed by atoms with Crippen LogP contribution in [0.25, 0.3) is 0 Å². The lowest BCUT2D eigenvalue weighted by atomic mass is 9.72. The summed E-state index contributed by atoms with van der Waals surface area (Å²) in [6.07, 6.45) is 3.55. The number of carbonyl (C=O) groups is 3. The molecule has 0 radical (unpaired) electrons. The molecule has 6 nitrogen and oxygen atoms in total. The highest BCUT2D eigenvalue weighted by Gasteiger charge is 2.49. The molecule has 1 atom stereocenters. The maximum Gasteiger partial charge on any atom is 0.326 e. The molecule has 2 fully saturated rings. The summed E-state index contributed by atoms with van der Waals surface area (Å²) in [6.45, 7) is 14.4. The Morgan fingerprint density at radius 3 is 2.09 bits per heavy atom. The quantitative estimate of drug-likeness (QED) is 0.532. The minimum atomic E-state index is -1.20. The molecular weight excluding hydrogens is 404 g/mol. The molecule has 1 aromatic rings. The lowest BCUT2D eigenvalue weighted by Crippen LogP contribution is -2.42. The van der Waals surface area contributed by atoms with E-state index in [-0.39, 0.29) is 23.5 Å². The Labute approximate surface area is 192 Å². The monoisotopic (exact) mass is 442 g/mol. The number of imide groups is 1. The molecule has 0 bridgehead atoms. The zero-order valence-corrected chi connectivity index (χ0v) is 20.6. The van der Waals surface area contributed by atoms with Gasteiger partial charge in [-0.2, -0.15) is 0 Å². The number of benzene rings is 1. The van der Waals surface area contributed by atoms with Gasteiger partial charge in [-0.3, -0.25) is 14.5 Å². The average Bonchev–Trinajstić information content (AvgIpc) is 2.91. The van der Waals surface area contributed by atoms with Crippen LogP contribution in [0.3, 0.4) is 0 Å². The fourth-order valence-electron chi connectivity index (χ4n) is 4.74. The molecule has 176 valence electrons. The third kappa shape index (κ3) is 5.00. The predicted octanol–water partition coefficient (Wildman–Crippen LogP) is 4.90. The van der Waals surface area contributed by atoms with Crippen molar-refractivity contribution in [1.82, 2.24) is 10.2 Å². The van der Waals surface area contributed by atoms with E-state index in [1.54, 1.807) is 6.92 Å². The van der Waals surface area contributed by atoms with E-state index in [1.807, 2.05) is 24.3 Å². The predicted molar refractivity (Wildman–Crippen MR) is 124 cm³/mol. The molecule has 32 heavy (non-hydrogen) atoms. The van der Waals surface area contributed by atoms with Gasteiger partial charge in [-0.1, -0.05) is 65.8 Å². The van der Waals surface area contributed by atoms with Crippen LogP contribution >= 0.6 is 0 Å². The molecule has 1 heterocycles.